The number of hydrogen-bond donors (Lipinski definition) is 2. The van der Waals surface area contributed by atoms with Gasteiger partial charge in [0, 0.05) is 24.9 Å². The van der Waals surface area contributed by atoms with Crippen LogP contribution in [-0.4, -0.2) is 20.9 Å². The van der Waals surface area contributed by atoms with Gasteiger partial charge in [-0.2, -0.15) is 0 Å². The largest absolute Gasteiger partial charge is 0.373 e. The molecule has 3 aromatic rings. The Hall–Kier alpha value is -2.59. The third kappa shape index (κ3) is 3.97. The van der Waals surface area contributed by atoms with Gasteiger partial charge in [-0.05, 0) is 12.0 Å². The number of nitrogens with one attached hydrogen (secondary N) is 1. The number of aromatic nitrogens is 2. The lowest BCUT2D eigenvalue weighted by Crippen LogP contribution is -2.27. The fourth-order valence-corrected chi connectivity index (χ4v) is 3.05. The van der Waals surface area contributed by atoms with E-state index < -0.39 is 6.23 Å². The Bertz CT molecular complexity index is 827. The molecule has 0 aliphatic rings. The van der Waals surface area contributed by atoms with Gasteiger partial charge in [-0.25, -0.2) is 4.98 Å². The van der Waals surface area contributed by atoms with E-state index in [1.807, 2.05) is 54.9 Å². The van der Waals surface area contributed by atoms with Gasteiger partial charge in [0.2, 0.25) is 5.95 Å². The molecule has 0 fully saturated rings. The minimum atomic E-state index is -0.616. The summed E-state index contributed by atoms with van der Waals surface area (Å²) in [4.78, 5) is 4.83. The monoisotopic (exact) mass is 349 g/mol. The van der Waals surface area contributed by atoms with Crippen LogP contribution in [0.5, 0.6) is 0 Å². The van der Waals surface area contributed by atoms with Crippen molar-refractivity contribution in [3.05, 3.63) is 71.9 Å². The molecule has 0 amide bonds. The zero-order valence-electron chi connectivity index (χ0n) is 15.7. The van der Waals surface area contributed by atoms with Gasteiger partial charge in [-0.15, -0.1) is 0 Å². The molecule has 26 heavy (non-hydrogen) atoms. The van der Waals surface area contributed by atoms with Gasteiger partial charge >= 0.3 is 0 Å². The lowest BCUT2D eigenvalue weighted by Gasteiger charge is -2.19. The molecule has 4 nitrogen and oxygen atoms in total. The summed E-state index contributed by atoms with van der Waals surface area (Å²) in [6, 6.07) is 20.6. The molecular weight excluding hydrogens is 322 g/mol. The first-order chi connectivity index (χ1) is 12.6. The van der Waals surface area contributed by atoms with Crippen LogP contribution in [0.15, 0.2) is 60.7 Å². The Morgan fingerprint density at radius 3 is 2.27 bits per heavy atom. The van der Waals surface area contributed by atoms with Crippen LogP contribution in [0.25, 0.3) is 11.3 Å². The van der Waals surface area contributed by atoms with E-state index in [0.717, 1.165) is 29.8 Å². The van der Waals surface area contributed by atoms with Crippen molar-refractivity contribution < 1.29 is 5.11 Å². The highest BCUT2D eigenvalue weighted by Crippen LogP contribution is 2.29. The first-order valence-electron chi connectivity index (χ1n) is 9.19. The van der Waals surface area contributed by atoms with E-state index in [1.165, 1.54) is 5.56 Å². The molecule has 136 valence electrons. The number of nitrogens with zero attached hydrogens (tertiary/aromatic N) is 2. The van der Waals surface area contributed by atoms with Crippen LogP contribution in [0, 0.1) is 5.92 Å². The number of anilines is 1. The summed E-state index contributed by atoms with van der Waals surface area (Å²) in [6.45, 7) is 4.10. The molecule has 2 aromatic carbocycles. The van der Waals surface area contributed by atoms with Gasteiger partial charge in [-0.3, -0.25) is 0 Å². The number of aliphatic hydroxyl groups excluding tert-OH is 1. The summed E-state index contributed by atoms with van der Waals surface area (Å²) in [7, 11) is 2.00. The Labute approximate surface area is 155 Å². The molecule has 2 unspecified atom stereocenters. The summed E-state index contributed by atoms with van der Waals surface area (Å²) in [5.41, 5.74) is 4.42. The zero-order valence-corrected chi connectivity index (χ0v) is 15.7. The van der Waals surface area contributed by atoms with Crippen molar-refractivity contribution in [2.75, 3.05) is 5.32 Å². The minimum Gasteiger partial charge on any atom is -0.373 e. The van der Waals surface area contributed by atoms with Gasteiger partial charge in [-0.1, -0.05) is 74.5 Å². The maximum absolute atomic E-state index is 10.4. The molecule has 0 bridgehead atoms. The van der Waals surface area contributed by atoms with E-state index in [1.54, 1.807) is 0 Å². The Morgan fingerprint density at radius 1 is 1.04 bits per heavy atom. The summed E-state index contributed by atoms with van der Waals surface area (Å²) in [6.07, 6.45) is 1.04. The van der Waals surface area contributed by atoms with Crippen LogP contribution < -0.4 is 5.32 Å². The molecule has 3 rings (SSSR count). The maximum Gasteiger partial charge on any atom is 0.205 e. The molecule has 0 saturated heterocycles. The molecule has 1 aromatic heterocycles. The number of rotatable bonds is 7. The van der Waals surface area contributed by atoms with E-state index in [0.29, 0.717) is 5.95 Å². The third-order valence-corrected chi connectivity index (χ3v) is 4.89. The van der Waals surface area contributed by atoms with Crippen molar-refractivity contribution in [2.24, 2.45) is 13.0 Å². The smallest absolute Gasteiger partial charge is 0.205 e. The van der Waals surface area contributed by atoms with Crippen LogP contribution in [0.2, 0.25) is 0 Å². The van der Waals surface area contributed by atoms with Crippen molar-refractivity contribution in [2.45, 2.75) is 32.9 Å². The average molecular weight is 349 g/mol. The number of imidazole rings is 1. The highest BCUT2D eigenvalue weighted by molar-refractivity contribution is 5.66. The van der Waals surface area contributed by atoms with Gasteiger partial charge < -0.3 is 15.0 Å². The topological polar surface area (TPSA) is 50.1 Å². The fourth-order valence-electron chi connectivity index (χ4n) is 3.05. The molecule has 0 aliphatic carbocycles. The second-order valence-electron chi connectivity index (χ2n) is 6.79. The van der Waals surface area contributed by atoms with E-state index in [2.05, 4.69) is 36.5 Å². The summed E-state index contributed by atoms with van der Waals surface area (Å²) in [5, 5.41) is 13.6. The van der Waals surface area contributed by atoms with Crippen LogP contribution in [-0.2, 0) is 13.5 Å². The van der Waals surface area contributed by atoms with Gasteiger partial charge in [0.05, 0.1) is 11.4 Å². The second-order valence-corrected chi connectivity index (χ2v) is 6.79. The highest BCUT2D eigenvalue weighted by atomic mass is 16.3. The van der Waals surface area contributed by atoms with Crippen molar-refractivity contribution >= 4 is 5.95 Å². The Balaban J connectivity index is 2.00. The summed E-state index contributed by atoms with van der Waals surface area (Å²) >= 11 is 0. The zero-order chi connectivity index (χ0) is 18.5. The molecule has 0 spiro atoms. The minimum absolute atomic E-state index is 0.157. The molecule has 0 radical (unpaired) electrons. The van der Waals surface area contributed by atoms with E-state index in [-0.39, 0.29) is 5.92 Å². The van der Waals surface area contributed by atoms with Crippen LogP contribution in [0.4, 0.5) is 5.95 Å². The molecular formula is C22H27N3O. The number of benzene rings is 2. The summed E-state index contributed by atoms with van der Waals surface area (Å²) in [5.74, 6) is 0.854. The van der Waals surface area contributed by atoms with E-state index >= 15 is 0 Å². The first kappa shape index (κ1) is 18.2. The van der Waals surface area contributed by atoms with Crippen LogP contribution in [0.3, 0.4) is 0 Å². The van der Waals surface area contributed by atoms with Gasteiger partial charge in [0.15, 0.2) is 0 Å². The summed E-state index contributed by atoms with van der Waals surface area (Å²) < 4.78 is 2.04. The first-order valence-corrected chi connectivity index (χ1v) is 9.19. The van der Waals surface area contributed by atoms with E-state index in [9.17, 15) is 5.11 Å². The molecule has 4 heteroatoms. The third-order valence-electron chi connectivity index (χ3n) is 4.89. The highest BCUT2D eigenvalue weighted by Gasteiger charge is 2.20. The van der Waals surface area contributed by atoms with Crippen molar-refractivity contribution in [1.29, 1.82) is 0 Å². The quantitative estimate of drug-likeness (QED) is 0.619. The number of hydrogen-bond acceptors (Lipinski definition) is 3. The molecule has 1 heterocycles. The molecule has 2 atom stereocenters. The second kappa shape index (κ2) is 8.19. The molecule has 0 saturated carbocycles. The van der Waals surface area contributed by atoms with E-state index in [4.69, 9.17) is 4.98 Å². The van der Waals surface area contributed by atoms with Crippen molar-refractivity contribution in [3.8, 4) is 11.3 Å². The SMILES string of the molecule is CCC(C)C(O)Nc1nc(Cc2ccccc2)c(-c2ccccc2)n1C. The maximum atomic E-state index is 10.4. The van der Waals surface area contributed by atoms with Crippen LogP contribution in [0.1, 0.15) is 31.5 Å². The Morgan fingerprint density at radius 2 is 1.65 bits per heavy atom. The Kier molecular flexibility index (Phi) is 5.74. The van der Waals surface area contributed by atoms with Crippen LogP contribution >= 0.6 is 0 Å². The lowest BCUT2D eigenvalue weighted by molar-refractivity contribution is 0.140. The molecule has 2 N–H and O–H groups in total. The standard InChI is InChI=1S/C22H27N3O/c1-4-16(2)21(26)24-22-23-19(15-17-11-7-5-8-12-17)20(25(22)3)18-13-9-6-10-14-18/h5-14,16,21,26H,4,15H2,1-3H3,(H,23,24). The predicted molar refractivity (Wildman–Crippen MR) is 107 cm³/mol. The lowest BCUT2D eigenvalue weighted by atomic mass is 10.0. The van der Waals surface area contributed by atoms with Crippen molar-refractivity contribution in [3.63, 3.8) is 0 Å². The molecule has 0 aliphatic heterocycles. The van der Waals surface area contributed by atoms with Crippen molar-refractivity contribution in [1.82, 2.24) is 9.55 Å². The van der Waals surface area contributed by atoms with Gasteiger partial charge in [0.1, 0.15) is 6.23 Å². The normalized spacial score (nSPS) is 13.4. The predicted octanol–water partition coefficient (Wildman–Crippen LogP) is 4.45. The number of aliphatic hydroxyl groups is 1. The fraction of sp³-hybridized carbons (Fsp3) is 0.318. The average Bonchev–Trinajstić information content (AvgIpc) is 2.97. The van der Waals surface area contributed by atoms with Gasteiger partial charge in [0.25, 0.3) is 0 Å².